The molecule has 0 bridgehead atoms. The molecule has 0 aromatic carbocycles. The fourth-order valence-electron chi connectivity index (χ4n) is 2.10. The Morgan fingerprint density at radius 2 is 2.19 bits per heavy atom. The van der Waals surface area contributed by atoms with Gasteiger partial charge in [0.2, 0.25) is 11.8 Å². The fourth-order valence-corrected chi connectivity index (χ4v) is 2.10. The molecule has 4 heteroatoms. The third kappa shape index (κ3) is 2.10. The van der Waals surface area contributed by atoms with E-state index in [9.17, 15) is 9.59 Å². The van der Waals surface area contributed by atoms with Crippen LogP contribution in [-0.4, -0.2) is 35.3 Å². The Labute approximate surface area is 95.7 Å². The number of nitrogens with zero attached hydrogens (tertiary/aromatic N) is 1. The fraction of sp³-hybridized carbons (Fsp3) is 0.667. The molecule has 88 valence electrons. The first-order chi connectivity index (χ1) is 7.63. The van der Waals surface area contributed by atoms with Gasteiger partial charge in [-0.2, -0.15) is 0 Å². The molecule has 1 aliphatic heterocycles. The molecule has 0 aromatic rings. The summed E-state index contributed by atoms with van der Waals surface area (Å²) in [6.45, 7) is 6.14. The molecule has 0 spiro atoms. The van der Waals surface area contributed by atoms with Crippen LogP contribution in [0.5, 0.6) is 0 Å². The lowest BCUT2D eigenvalue weighted by Crippen LogP contribution is -2.48. The van der Waals surface area contributed by atoms with Crippen LogP contribution in [0.25, 0.3) is 0 Å². The van der Waals surface area contributed by atoms with Crippen LogP contribution >= 0.6 is 0 Å². The molecule has 0 radical (unpaired) electrons. The van der Waals surface area contributed by atoms with Crippen LogP contribution in [0.3, 0.4) is 0 Å². The normalized spacial score (nSPS) is 28.3. The van der Waals surface area contributed by atoms with Crippen molar-refractivity contribution in [2.24, 2.45) is 5.92 Å². The molecule has 2 aliphatic rings. The third-order valence-electron chi connectivity index (χ3n) is 3.37. The standard InChI is InChI=1S/C12H18N2O2/c1-3-8(2)14-7-6-10(15)13-11(12(14)16)9-4-5-9/h3,8-9,11H,1,4-7H2,2H3,(H,13,15). The molecule has 1 heterocycles. The van der Waals surface area contributed by atoms with Gasteiger partial charge in [0.25, 0.3) is 0 Å². The average Bonchev–Trinajstić information content (AvgIpc) is 3.08. The maximum absolute atomic E-state index is 12.2. The minimum atomic E-state index is -0.294. The van der Waals surface area contributed by atoms with Crippen LogP contribution in [0, 0.1) is 5.92 Å². The van der Waals surface area contributed by atoms with Crippen LogP contribution in [0.2, 0.25) is 0 Å². The number of rotatable bonds is 3. The number of carbonyl (C=O) groups excluding carboxylic acids is 2. The van der Waals surface area contributed by atoms with Gasteiger partial charge in [0.15, 0.2) is 0 Å². The van der Waals surface area contributed by atoms with Crippen molar-refractivity contribution >= 4 is 11.8 Å². The Morgan fingerprint density at radius 3 is 2.75 bits per heavy atom. The van der Waals surface area contributed by atoms with Crippen molar-refractivity contribution in [3.8, 4) is 0 Å². The maximum Gasteiger partial charge on any atom is 0.245 e. The van der Waals surface area contributed by atoms with Gasteiger partial charge in [-0.15, -0.1) is 6.58 Å². The Morgan fingerprint density at radius 1 is 1.50 bits per heavy atom. The number of amides is 2. The molecule has 2 atom stereocenters. The van der Waals surface area contributed by atoms with Gasteiger partial charge in [0.1, 0.15) is 6.04 Å². The van der Waals surface area contributed by atoms with E-state index in [4.69, 9.17) is 0 Å². The van der Waals surface area contributed by atoms with E-state index < -0.39 is 0 Å². The van der Waals surface area contributed by atoms with Gasteiger partial charge in [0, 0.05) is 19.0 Å². The van der Waals surface area contributed by atoms with E-state index in [-0.39, 0.29) is 23.9 Å². The minimum absolute atomic E-state index is 0.00134. The van der Waals surface area contributed by atoms with Gasteiger partial charge in [-0.05, 0) is 25.7 Å². The number of hydrogen-bond donors (Lipinski definition) is 1. The van der Waals surface area contributed by atoms with Crippen LogP contribution in [0.4, 0.5) is 0 Å². The number of nitrogens with one attached hydrogen (secondary N) is 1. The summed E-state index contributed by atoms with van der Waals surface area (Å²) >= 11 is 0. The van der Waals surface area contributed by atoms with E-state index in [1.54, 1.807) is 11.0 Å². The first kappa shape index (κ1) is 11.2. The van der Waals surface area contributed by atoms with Crippen molar-refractivity contribution in [2.75, 3.05) is 6.54 Å². The molecular weight excluding hydrogens is 204 g/mol. The van der Waals surface area contributed by atoms with E-state index in [1.165, 1.54) is 0 Å². The lowest BCUT2D eigenvalue weighted by atomic mass is 10.1. The Hall–Kier alpha value is -1.32. The van der Waals surface area contributed by atoms with E-state index in [1.807, 2.05) is 6.92 Å². The molecule has 0 aromatic heterocycles. The summed E-state index contributed by atoms with van der Waals surface area (Å²) in [6, 6.07) is -0.293. The van der Waals surface area contributed by atoms with Gasteiger partial charge in [-0.25, -0.2) is 0 Å². The van der Waals surface area contributed by atoms with Crippen molar-refractivity contribution < 1.29 is 9.59 Å². The third-order valence-corrected chi connectivity index (χ3v) is 3.37. The molecule has 1 saturated heterocycles. The monoisotopic (exact) mass is 222 g/mol. The van der Waals surface area contributed by atoms with Crippen molar-refractivity contribution in [1.29, 1.82) is 0 Å². The molecule has 2 rings (SSSR count). The highest BCUT2D eigenvalue weighted by atomic mass is 16.2. The van der Waals surface area contributed by atoms with E-state index in [0.717, 1.165) is 12.8 Å². The lowest BCUT2D eigenvalue weighted by molar-refractivity contribution is -0.135. The predicted octanol–water partition coefficient (Wildman–Crippen LogP) is 0.688. The Kier molecular flexibility index (Phi) is 2.99. The SMILES string of the molecule is C=CC(C)N1CCC(=O)NC(C2CC2)C1=O. The van der Waals surface area contributed by atoms with Gasteiger partial charge < -0.3 is 10.2 Å². The van der Waals surface area contributed by atoms with Crippen molar-refractivity contribution in [3.05, 3.63) is 12.7 Å². The summed E-state index contributed by atoms with van der Waals surface area (Å²) in [5, 5.41) is 2.84. The zero-order valence-electron chi connectivity index (χ0n) is 9.61. The van der Waals surface area contributed by atoms with Crippen LogP contribution in [0.15, 0.2) is 12.7 Å². The van der Waals surface area contributed by atoms with E-state index in [0.29, 0.717) is 18.9 Å². The first-order valence-electron chi connectivity index (χ1n) is 5.86. The van der Waals surface area contributed by atoms with Gasteiger partial charge in [0.05, 0.1) is 0 Å². The average molecular weight is 222 g/mol. The molecule has 2 amide bonds. The van der Waals surface area contributed by atoms with Crippen LogP contribution in [0.1, 0.15) is 26.2 Å². The molecule has 1 saturated carbocycles. The largest absolute Gasteiger partial charge is 0.344 e. The van der Waals surface area contributed by atoms with Gasteiger partial charge >= 0.3 is 0 Å². The van der Waals surface area contributed by atoms with Crippen molar-refractivity contribution in [1.82, 2.24) is 10.2 Å². The molecule has 1 N–H and O–H groups in total. The van der Waals surface area contributed by atoms with Gasteiger partial charge in [-0.3, -0.25) is 9.59 Å². The number of carbonyl (C=O) groups is 2. The van der Waals surface area contributed by atoms with E-state index in [2.05, 4.69) is 11.9 Å². The molecule has 4 nitrogen and oxygen atoms in total. The summed E-state index contributed by atoms with van der Waals surface area (Å²) in [5.74, 6) is 0.402. The Balaban J connectivity index is 2.16. The molecule has 1 aliphatic carbocycles. The highest BCUT2D eigenvalue weighted by Crippen LogP contribution is 2.34. The number of hydrogen-bond acceptors (Lipinski definition) is 2. The quantitative estimate of drug-likeness (QED) is 0.714. The highest BCUT2D eigenvalue weighted by molar-refractivity contribution is 5.90. The zero-order valence-corrected chi connectivity index (χ0v) is 9.61. The summed E-state index contributed by atoms with van der Waals surface area (Å²) in [4.78, 5) is 25.5. The first-order valence-corrected chi connectivity index (χ1v) is 5.86. The molecule has 2 fully saturated rings. The highest BCUT2D eigenvalue weighted by Gasteiger charge is 2.41. The Bertz CT molecular complexity index is 323. The van der Waals surface area contributed by atoms with Crippen LogP contribution in [-0.2, 0) is 9.59 Å². The molecule has 2 unspecified atom stereocenters. The summed E-state index contributed by atoms with van der Waals surface area (Å²) in [6.07, 6.45) is 4.24. The van der Waals surface area contributed by atoms with E-state index >= 15 is 0 Å². The minimum Gasteiger partial charge on any atom is -0.344 e. The lowest BCUT2D eigenvalue weighted by Gasteiger charge is -2.27. The topological polar surface area (TPSA) is 49.4 Å². The summed E-state index contributed by atoms with van der Waals surface area (Å²) in [7, 11) is 0. The molecular formula is C12H18N2O2. The summed E-state index contributed by atoms with van der Waals surface area (Å²) in [5.41, 5.74) is 0. The maximum atomic E-state index is 12.2. The second-order valence-electron chi connectivity index (χ2n) is 4.64. The second-order valence-corrected chi connectivity index (χ2v) is 4.64. The molecule has 16 heavy (non-hydrogen) atoms. The predicted molar refractivity (Wildman–Crippen MR) is 60.6 cm³/mol. The van der Waals surface area contributed by atoms with Crippen LogP contribution < -0.4 is 5.32 Å². The zero-order chi connectivity index (χ0) is 11.7. The summed E-state index contributed by atoms with van der Waals surface area (Å²) < 4.78 is 0. The van der Waals surface area contributed by atoms with Crippen molar-refractivity contribution in [3.63, 3.8) is 0 Å². The second kappa shape index (κ2) is 4.28. The van der Waals surface area contributed by atoms with Gasteiger partial charge in [-0.1, -0.05) is 6.08 Å². The smallest absolute Gasteiger partial charge is 0.245 e. The van der Waals surface area contributed by atoms with Crippen molar-refractivity contribution in [2.45, 2.75) is 38.3 Å².